The van der Waals surface area contributed by atoms with Gasteiger partial charge in [0.25, 0.3) is 0 Å². The molecule has 0 aromatic carbocycles. The van der Waals surface area contributed by atoms with Crippen molar-refractivity contribution in [3.8, 4) is 0 Å². The lowest BCUT2D eigenvalue weighted by atomic mass is 9.81. The molecular weight excluding hydrogens is 207 g/mol. The van der Waals surface area contributed by atoms with E-state index < -0.39 is 11.9 Å². The third kappa shape index (κ3) is 2.31. The first-order valence-corrected chi connectivity index (χ1v) is 4.81. The van der Waals surface area contributed by atoms with Gasteiger partial charge in [0.15, 0.2) is 5.69 Å². The minimum Gasteiger partial charge on any atom is -0.328 e. The number of hydrogen-bond donors (Lipinski definition) is 1. The van der Waals surface area contributed by atoms with Gasteiger partial charge in [-0.25, -0.2) is 0 Å². The molecule has 84 valence electrons. The molecule has 0 saturated heterocycles. The average Bonchev–Trinajstić information content (AvgIpc) is 2.49. The van der Waals surface area contributed by atoms with E-state index in [0.717, 1.165) is 18.9 Å². The van der Waals surface area contributed by atoms with Crippen molar-refractivity contribution in [2.24, 2.45) is 11.7 Å². The summed E-state index contributed by atoms with van der Waals surface area (Å²) in [5.74, 6) is 0.376. The lowest BCUT2D eigenvalue weighted by Crippen LogP contribution is -2.38. The highest BCUT2D eigenvalue weighted by molar-refractivity contribution is 5.03. The molecule has 0 spiro atoms. The number of rotatable bonds is 2. The summed E-state index contributed by atoms with van der Waals surface area (Å²) in [6, 6.07) is 1.21. The second kappa shape index (κ2) is 3.52. The normalized spacial score (nSPS) is 26.4. The van der Waals surface area contributed by atoms with Crippen LogP contribution in [0.25, 0.3) is 0 Å². The largest absolute Gasteiger partial charge is 0.435 e. The number of hydrogen-bond acceptors (Lipinski definition) is 2. The third-order valence-electron chi connectivity index (χ3n) is 2.65. The molecule has 0 radical (unpaired) electrons. The van der Waals surface area contributed by atoms with Crippen LogP contribution < -0.4 is 5.73 Å². The van der Waals surface area contributed by atoms with Gasteiger partial charge in [-0.1, -0.05) is 0 Å². The maximum atomic E-state index is 12.2. The molecule has 1 fully saturated rings. The van der Waals surface area contributed by atoms with E-state index in [1.807, 2.05) is 0 Å². The van der Waals surface area contributed by atoms with Crippen LogP contribution in [0.4, 0.5) is 13.2 Å². The van der Waals surface area contributed by atoms with Crippen LogP contribution in [-0.4, -0.2) is 15.8 Å². The smallest absolute Gasteiger partial charge is 0.328 e. The Morgan fingerprint density at radius 1 is 1.47 bits per heavy atom. The molecular formula is C9H12F3N3. The minimum atomic E-state index is -4.35. The fraction of sp³-hybridized carbons (Fsp3) is 0.667. The Hall–Kier alpha value is -1.04. The molecule has 0 unspecified atom stereocenters. The number of nitrogens with zero attached hydrogens (tertiary/aromatic N) is 2. The van der Waals surface area contributed by atoms with Crippen molar-refractivity contribution in [1.82, 2.24) is 9.78 Å². The van der Waals surface area contributed by atoms with Gasteiger partial charge in [0.05, 0.1) is 0 Å². The van der Waals surface area contributed by atoms with Crippen molar-refractivity contribution in [3.05, 3.63) is 18.0 Å². The number of alkyl halides is 3. The highest BCUT2D eigenvalue weighted by Gasteiger charge is 2.34. The maximum Gasteiger partial charge on any atom is 0.435 e. The molecule has 0 aliphatic heterocycles. The van der Waals surface area contributed by atoms with E-state index >= 15 is 0 Å². The summed E-state index contributed by atoms with van der Waals surface area (Å²) in [6.07, 6.45) is -1.23. The number of halogens is 3. The zero-order valence-corrected chi connectivity index (χ0v) is 8.04. The average molecular weight is 219 g/mol. The van der Waals surface area contributed by atoms with Crippen LogP contribution in [0.5, 0.6) is 0 Å². The van der Waals surface area contributed by atoms with E-state index in [2.05, 4.69) is 5.10 Å². The predicted octanol–water partition coefficient (Wildman–Crippen LogP) is 1.64. The van der Waals surface area contributed by atoms with Gasteiger partial charge in [-0.3, -0.25) is 4.68 Å². The van der Waals surface area contributed by atoms with Crippen LogP contribution in [-0.2, 0) is 12.7 Å². The zero-order chi connectivity index (χ0) is 11.1. The van der Waals surface area contributed by atoms with Crippen LogP contribution in [0, 0.1) is 5.92 Å². The molecule has 1 heterocycles. The van der Waals surface area contributed by atoms with Crippen LogP contribution >= 0.6 is 0 Å². The van der Waals surface area contributed by atoms with Gasteiger partial charge in [-0.2, -0.15) is 18.3 Å². The second-order valence-electron chi connectivity index (χ2n) is 4.02. The number of aromatic nitrogens is 2. The van der Waals surface area contributed by atoms with Gasteiger partial charge in [-0.05, 0) is 24.8 Å². The SMILES string of the molecule is N[C@H]1C[C@@H](Cn2ccc(C(F)(F)F)n2)C1. The third-order valence-corrected chi connectivity index (χ3v) is 2.65. The fourth-order valence-electron chi connectivity index (χ4n) is 1.82. The molecule has 0 amide bonds. The fourth-order valence-corrected chi connectivity index (χ4v) is 1.82. The first-order chi connectivity index (χ1) is 6.95. The molecule has 0 atom stereocenters. The van der Waals surface area contributed by atoms with E-state index in [4.69, 9.17) is 5.73 Å². The maximum absolute atomic E-state index is 12.2. The van der Waals surface area contributed by atoms with Gasteiger partial charge in [0.2, 0.25) is 0 Å². The van der Waals surface area contributed by atoms with Crippen LogP contribution in [0.3, 0.4) is 0 Å². The topological polar surface area (TPSA) is 43.8 Å². The summed E-state index contributed by atoms with van der Waals surface area (Å²) in [6.45, 7) is 0.532. The van der Waals surface area contributed by atoms with Crippen molar-refractivity contribution in [1.29, 1.82) is 0 Å². The van der Waals surface area contributed by atoms with E-state index in [1.165, 1.54) is 10.9 Å². The lowest BCUT2D eigenvalue weighted by Gasteiger charge is -2.32. The molecule has 6 heteroatoms. The molecule has 1 aromatic heterocycles. The Kier molecular flexibility index (Phi) is 2.46. The Morgan fingerprint density at radius 3 is 2.60 bits per heavy atom. The molecule has 1 aliphatic carbocycles. The van der Waals surface area contributed by atoms with Crippen LogP contribution in [0.1, 0.15) is 18.5 Å². The van der Waals surface area contributed by atoms with Crippen molar-refractivity contribution >= 4 is 0 Å². The first kappa shape index (κ1) is 10.5. The molecule has 2 N–H and O–H groups in total. The molecule has 3 nitrogen and oxygen atoms in total. The van der Waals surface area contributed by atoms with Crippen LogP contribution in [0.15, 0.2) is 12.3 Å². The number of nitrogens with two attached hydrogens (primary N) is 1. The molecule has 15 heavy (non-hydrogen) atoms. The summed E-state index contributed by atoms with van der Waals surface area (Å²) in [5.41, 5.74) is 4.76. The van der Waals surface area contributed by atoms with E-state index in [-0.39, 0.29) is 6.04 Å². The van der Waals surface area contributed by atoms with Crippen molar-refractivity contribution in [2.75, 3.05) is 0 Å². The quantitative estimate of drug-likeness (QED) is 0.821. The Balaban J connectivity index is 1.96. The van der Waals surface area contributed by atoms with Gasteiger partial charge in [-0.15, -0.1) is 0 Å². The standard InChI is InChI=1S/C9H12F3N3/c10-9(11,12)8-1-2-15(14-8)5-6-3-7(13)4-6/h1-2,6-7H,3-5,13H2/t6-,7+. The van der Waals surface area contributed by atoms with Crippen LogP contribution in [0.2, 0.25) is 0 Å². The zero-order valence-electron chi connectivity index (χ0n) is 8.04. The molecule has 2 rings (SSSR count). The van der Waals surface area contributed by atoms with Gasteiger partial charge in [0, 0.05) is 18.8 Å². The Bertz CT molecular complexity index is 339. The summed E-state index contributed by atoms with van der Waals surface area (Å²) in [4.78, 5) is 0. The monoisotopic (exact) mass is 219 g/mol. The predicted molar refractivity (Wildman–Crippen MR) is 47.9 cm³/mol. The lowest BCUT2D eigenvalue weighted by molar-refractivity contribution is -0.141. The molecule has 0 bridgehead atoms. The van der Waals surface area contributed by atoms with Gasteiger partial charge < -0.3 is 5.73 Å². The summed E-state index contributed by atoms with van der Waals surface area (Å²) < 4.78 is 37.9. The van der Waals surface area contributed by atoms with E-state index in [9.17, 15) is 13.2 Å². The van der Waals surface area contributed by atoms with Gasteiger partial charge in [0.1, 0.15) is 0 Å². The van der Waals surface area contributed by atoms with E-state index in [1.54, 1.807) is 0 Å². The van der Waals surface area contributed by atoms with Crippen molar-refractivity contribution < 1.29 is 13.2 Å². The second-order valence-corrected chi connectivity index (χ2v) is 4.02. The minimum absolute atomic E-state index is 0.215. The van der Waals surface area contributed by atoms with Crippen molar-refractivity contribution in [3.63, 3.8) is 0 Å². The summed E-state index contributed by atoms with van der Waals surface area (Å²) >= 11 is 0. The van der Waals surface area contributed by atoms with Crippen molar-refractivity contribution in [2.45, 2.75) is 31.6 Å². The molecule has 1 aliphatic rings. The highest BCUT2D eigenvalue weighted by Crippen LogP contribution is 2.29. The molecule has 1 saturated carbocycles. The first-order valence-electron chi connectivity index (χ1n) is 4.81. The molecule has 1 aromatic rings. The highest BCUT2D eigenvalue weighted by atomic mass is 19.4. The summed E-state index contributed by atoms with van der Waals surface area (Å²) in [7, 11) is 0. The Labute approximate surface area is 85.1 Å². The van der Waals surface area contributed by atoms with Gasteiger partial charge >= 0.3 is 6.18 Å². The van der Waals surface area contributed by atoms with E-state index in [0.29, 0.717) is 12.5 Å². The summed E-state index contributed by atoms with van der Waals surface area (Å²) in [5, 5.41) is 3.48. The Morgan fingerprint density at radius 2 is 2.13 bits per heavy atom.